The molecule has 0 bridgehead atoms. The van der Waals surface area contributed by atoms with Crippen molar-refractivity contribution in [3.63, 3.8) is 0 Å². The molecule has 25 heavy (non-hydrogen) atoms. The average molecular weight is 346 g/mol. The van der Waals surface area contributed by atoms with Gasteiger partial charge in [0.05, 0.1) is 12.5 Å². The number of benzene rings is 1. The van der Waals surface area contributed by atoms with Crippen molar-refractivity contribution in [3.8, 4) is 11.5 Å². The number of rotatable bonds is 6. The average Bonchev–Trinajstić information content (AvgIpc) is 3.16. The first-order valence-corrected chi connectivity index (χ1v) is 9.12. The van der Waals surface area contributed by atoms with Gasteiger partial charge in [-0.2, -0.15) is 0 Å². The highest BCUT2D eigenvalue weighted by molar-refractivity contribution is 5.81. The second-order valence-corrected chi connectivity index (χ2v) is 6.52. The molecule has 1 saturated heterocycles. The molecule has 0 aromatic heterocycles. The Bertz CT molecular complexity index is 626. The van der Waals surface area contributed by atoms with Crippen LogP contribution in [0.3, 0.4) is 0 Å². The van der Waals surface area contributed by atoms with Crippen LogP contribution < -0.4 is 14.8 Å². The second-order valence-electron chi connectivity index (χ2n) is 6.52. The van der Waals surface area contributed by atoms with Gasteiger partial charge in [-0.05, 0) is 37.8 Å². The summed E-state index contributed by atoms with van der Waals surface area (Å²) in [6.07, 6.45) is 3.16. The maximum atomic E-state index is 12.4. The van der Waals surface area contributed by atoms with Gasteiger partial charge in [0.15, 0.2) is 11.5 Å². The van der Waals surface area contributed by atoms with Crippen molar-refractivity contribution in [2.75, 3.05) is 32.8 Å². The highest BCUT2D eigenvalue weighted by Gasteiger charge is 2.28. The molecule has 1 atom stereocenters. The Kier molecular flexibility index (Phi) is 5.79. The third-order valence-corrected chi connectivity index (χ3v) is 4.72. The Morgan fingerprint density at radius 3 is 2.88 bits per heavy atom. The highest BCUT2D eigenvalue weighted by Crippen LogP contribution is 2.36. The topological polar surface area (TPSA) is 67.9 Å². The molecule has 6 nitrogen and oxygen atoms in total. The summed E-state index contributed by atoms with van der Waals surface area (Å²) < 4.78 is 11.4. The minimum absolute atomic E-state index is 0.0540. The lowest BCUT2D eigenvalue weighted by Crippen LogP contribution is -2.39. The summed E-state index contributed by atoms with van der Waals surface area (Å²) in [5.41, 5.74) is 0.991. The largest absolute Gasteiger partial charge is 0.490 e. The molecule has 2 aliphatic heterocycles. The first kappa shape index (κ1) is 17.6. The predicted molar refractivity (Wildman–Crippen MR) is 93.7 cm³/mol. The van der Waals surface area contributed by atoms with Crippen LogP contribution in [0, 0.1) is 5.92 Å². The number of hydrogen-bond donors (Lipinski definition) is 1. The first-order valence-electron chi connectivity index (χ1n) is 9.12. The Labute approximate surface area is 148 Å². The van der Waals surface area contributed by atoms with E-state index in [0.717, 1.165) is 43.0 Å². The van der Waals surface area contributed by atoms with Crippen molar-refractivity contribution in [1.82, 2.24) is 10.2 Å². The van der Waals surface area contributed by atoms with Gasteiger partial charge in [0.2, 0.25) is 11.8 Å². The van der Waals surface area contributed by atoms with Crippen molar-refractivity contribution in [1.29, 1.82) is 0 Å². The number of hydrogen-bond acceptors (Lipinski definition) is 4. The van der Waals surface area contributed by atoms with Crippen molar-refractivity contribution in [2.45, 2.75) is 32.6 Å². The fourth-order valence-electron chi connectivity index (χ4n) is 3.39. The summed E-state index contributed by atoms with van der Waals surface area (Å²) in [4.78, 5) is 26.3. The van der Waals surface area contributed by atoms with E-state index in [1.54, 1.807) is 0 Å². The number of nitrogens with one attached hydrogen (secondary N) is 1. The van der Waals surface area contributed by atoms with Crippen LogP contribution in [0.2, 0.25) is 0 Å². The van der Waals surface area contributed by atoms with Gasteiger partial charge in [-0.3, -0.25) is 9.59 Å². The van der Waals surface area contributed by atoms with Gasteiger partial charge in [-0.15, -0.1) is 0 Å². The Morgan fingerprint density at radius 2 is 2.12 bits per heavy atom. The van der Waals surface area contributed by atoms with E-state index < -0.39 is 0 Å². The van der Waals surface area contributed by atoms with Crippen LogP contribution in [0.15, 0.2) is 18.2 Å². The van der Waals surface area contributed by atoms with Gasteiger partial charge in [-0.25, -0.2) is 0 Å². The molecule has 6 heteroatoms. The standard InChI is InChI=1S/C19H26N2O4/c1-2-24-16-7-5-6-14-12-15(13-25-18(14)16)19(23)20-9-8-17(22)21-10-3-4-11-21/h5-7,15H,2-4,8-13H2,1H3,(H,20,23)/t15-/m1/s1. The van der Waals surface area contributed by atoms with Crippen LogP contribution in [0.5, 0.6) is 11.5 Å². The third kappa shape index (κ3) is 4.24. The smallest absolute Gasteiger partial charge is 0.226 e. The van der Waals surface area contributed by atoms with Gasteiger partial charge < -0.3 is 19.7 Å². The molecule has 0 spiro atoms. The maximum Gasteiger partial charge on any atom is 0.226 e. The van der Waals surface area contributed by atoms with Crippen LogP contribution >= 0.6 is 0 Å². The van der Waals surface area contributed by atoms with Gasteiger partial charge >= 0.3 is 0 Å². The molecule has 136 valence electrons. The number of carbonyl (C=O) groups is 2. The van der Waals surface area contributed by atoms with E-state index in [9.17, 15) is 9.59 Å². The number of carbonyl (C=O) groups excluding carboxylic acids is 2. The number of likely N-dealkylation sites (tertiary alicyclic amines) is 1. The van der Waals surface area contributed by atoms with E-state index >= 15 is 0 Å². The lowest BCUT2D eigenvalue weighted by atomic mass is 9.95. The van der Waals surface area contributed by atoms with Crippen molar-refractivity contribution in [3.05, 3.63) is 23.8 Å². The number of ether oxygens (including phenoxy) is 2. The molecular weight excluding hydrogens is 320 g/mol. The summed E-state index contributed by atoms with van der Waals surface area (Å²) in [5, 5.41) is 2.88. The van der Waals surface area contributed by atoms with E-state index in [-0.39, 0.29) is 17.7 Å². The van der Waals surface area contributed by atoms with Gasteiger partial charge in [0.1, 0.15) is 6.61 Å². The molecule has 0 saturated carbocycles. The van der Waals surface area contributed by atoms with Gasteiger partial charge in [-0.1, -0.05) is 12.1 Å². The zero-order valence-electron chi connectivity index (χ0n) is 14.8. The van der Waals surface area contributed by atoms with E-state index in [4.69, 9.17) is 9.47 Å². The summed E-state index contributed by atoms with van der Waals surface area (Å²) in [6.45, 7) is 4.93. The highest BCUT2D eigenvalue weighted by atomic mass is 16.5. The van der Waals surface area contributed by atoms with Crippen LogP contribution in [0.1, 0.15) is 31.7 Å². The van der Waals surface area contributed by atoms with Crippen LogP contribution in [0.4, 0.5) is 0 Å². The molecule has 2 aliphatic rings. The minimum Gasteiger partial charge on any atom is -0.490 e. The van der Waals surface area contributed by atoms with Gasteiger partial charge in [0, 0.05) is 26.1 Å². The molecule has 0 radical (unpaired) electrons. The monoisotopic (exact) mass is 346 g/mol. The Balaban J connectivity index is 1.49. The summed E-state index contributed by atoms with van der Waals surface area (Å²) in [7, 11) is 0. The van der Waals surface area contributed by atoms with Crippen LogP contribution in [-0.2, 0) is 16.0 Å². The van der Waals surface area contributed by atoms with Crippen LogP contribution in [-0.4, -0.2) is 49.6 Å². The SMILES string of the molecule is CCOc1cccc2c1OC[C@H](C(=O)NCCC(=O)N1CCCC1)C2. The molecule has 1 aromatic rings. The van der Waals surface area contributed by atoms with Crippen LogP contribution in [0.25, 0.3) is 0 Å². The molecule has 2 amide bonds. The summed E-state index contributed by atoms with van der Waals surface area (Å²) in [6, 6.07) is 5.77. The van der Waals surface area contributed by atoms with Crippen molar-refractivity contribution in [2.24, 2.45) is 5.92 Å². The number of amides is 2. The molecule has 1 fully saturated rings. The fourth-order valence-corrected chi connectivity index (χ4v) is 3.39. The number of fused-ring (bicyclic) bond motifs is 1. The zero-order chi connectivity index (χ0) is 17.6. The first-order chi connectivity index (χ1) is 12.2. The molecule has 1 N–H and O–H groups in total. The Morgan fingerprint density at radius 1 is 1.32 bits per heavy atom. The summed E-state index contributed by atoms with van der Waals surface area (Å²) in [5.74, 6) is 1.32. The fraction of sp³-hybridized carbons (Fsp3) is 0.579. The van der Waals surface area contributed by atoms with E-state index in [2.05, 4.69) is 5.32 Å². The Hall–Kier alpha value is -2.24. The van der Waals surface area contributed by atoms with E-state index in [1.165, 1.54) is 0 Å². The molecule has 1 aromatic carbocycles. The maximum absolute atomic E-state index is 12.4. The van der Waals surface area contributed by atoms with Gasteiger partial charge in [0.25, 0.3) is 0 Å². The molecule has 0 aliphatic carbocycles. The zero-order valence-corrected chi connectivity index (χ0v) is 14.8. The molecule has 3 rings (SSSR count). The predicted octanol–water partition coefficient (Wildman–Crippen LogP) is 1.77. The lowest BCUT2D eigenvalue weighted by molar-refractivity contribution is -0.130. The molecular formula is C19H26N2O4. The lowest BCUT2D eigenvalue weighted by Gasteiger charge is -2.26. The molecule has 2 heterocycles. The summed E-state index contributed by atoms with van der Waals surface area (Å²) >= 11 is 0. The third-order valence-electron chi connectivity index (χ3n) is 4.72. The van der Waals surface area contributed by atoms with Crippen molar-refractivity contribution >= 4 is 11.8 Å². The van der Waals surface area contributed by atoms with Crippen molar-refractivity contribution < 1.29 is 19.1 Å². The quantitative estimate of drug-likeness (QED) is 0.852. The second kappa shape index (κ2) is 8.23. The number of para-hydroxylation sites is 1. The van der Waals surface area contributed by atoms with E-state index in [1.807, 2.05) is 30.0 Å². The number of nitrogens with zero attached hydrogens (tertiary/aromatic N) is 1. The normalized spacial score (nSPS) is 19.1. The minimum atomic E-state index is -0.230. The van der Waals surface area contributed by atoms with E-state index in [0.29, 0.717) is 32.6 Å². The molecule has 0 unspecified atom stereocenters.